The SMILES string of the molecule is CCCC(Cl)N=O. The van der Waals surface area contributed by atoms with Crippen molar-refractivity contribution in [3.8, 4) is 0 Å². The Hall–Kier alpha value is -0.110. The molecule has 0 radical (unpaired) electrons. The first-order valence-electron chi connectivity index (χ1n) is 2.27. The minimum absolute atomic E-state index is 0.509. The third kappa shape index (κ3) is 3.73. The normalized spacial score (nSPS) is 13.4. The summed E-state index contributed by atoms with van der Waals surface area (Å²) in [5.41, 5.74) is -0.509. The Labute approximate surface area is 47.8 Å². The standard InChI is InChI=1S/C4H8ClNO/c1-2-3-4(5)6-7/h4H,2-3H2,1H3. The molecule has 0 aromatic heterocycles. The molecule has 0 aliphatic carbocycles. The number of halogens is 1. The van der Waals surface area contributed by atoms with Gasteiger partial charge in [-0.15, -0.1) is 4.91 Å². The molecule has 0 aromatic carbocycles. The molecule has 0 saturated heterocycles. The highest BCUT2D eigenvalue weighted by Gasteiger charge is 1.97. The molecule has 0 aromatic rings. The van der Waals surface area contributed by atoms with Gasteiger partial charge in [-0.3, -0.25) is 0 Å². The Morgan fingerprint density at radius 3 is 2.57 bits per heavy atom. The highest BCUT2D eigenvalue weighted by molar-refractivity contribution is 6.20. The molecule has 1 unspecified atom stereocenters. The predicted octanol–water partition coefficient (Wildman–Crippen LogP) is 2.12. The number of alkyl halides is 1. The molecule has 0 bridgehead atoms. The summed E-state index contributed by atoms with van der Waals surface area (Å²) in [6.07, 6.45) is 1.60. The Kier molecular flexibility index (Phi) is 4.00. The van der Waals surface area contributed by atoms with E-state index in [2.05, 4.69) is 5.18 Å². The minimum Gasteiger partial charge on any atom is -0.149 e. The van der Waals surface area contributed by atoms with E-state index in [1.54, 1.807) is 0 Å². The van der Waals surface area contributed by atoms with E-state index >= 15 is 0 Å². The fourth-order valence-electron chi connectivity index (χ4n) is 0.291. The lowest BCUT2D eigenvalue weighted by atomic mass is 10.3. The molecule has 0 rings (SSSR count). The molecule has 0 fully saturated rings. The van der Waals surface area contributed by atoms with Crippen molar-refractivity contribution in [2.75, 3.05) is 0 Å². The van der Waals surface area contributed by atoms with E-state index in [4.69, 9.17) is 11.6 Å². The van der Waals surface area contributed by atoms with Crippen molar-refractivity contribution >= 4 is 11.6 Å². The van der Waals surface area contributed by atoms with Crippen LogP contribution in [0.1, 0.15) is 19.8 Å². The molecule has 1 atom stereocenters. The number of hydrogen-bond donors (Lipinski definition) is 0. The van der Waals surface area contributed by atoms with Crippen molar-refractivity contribution < 1.29 is 0 Å². The Balaban J connectivity index is 2.98. The van der Waals surface area contributed by atoms with Crippen molar-refractivity contribution in [1.29, 1.82) is 0 Å². The Morgan fingerprint density at radius 1 is 1.86 bits per heavy atom. The quantitative estimate of drug-likeness (QED) is 0.320. The van der Waals surface area contributed by atoms with E-state index in [1.165, 1.54) is 0 Å². The van der Waals surface area contributed by atoms with E-state index < -0.39 is 5.50 Å². The second-order valence-corrected chi connectivity index (χ2v) is 1.83. The van der Waals surface area contributed by atoms with Gasteiger partial charge < -0.3 is 0 Å². The van der Waals surface area contributed by atoms with Crippen LogP contribution in [0.15, 0.2) is 5.18 Å². The maximum absolute atomic E-state index is 9.51. The number of nitroso groups, excluding NO2 is 1. The molecule has 7 heavy (non-hydrogen) atoms. The average Bonchev–Trinajstić information content (AvgIpc) is 1.68. The van der Waals surface area contributed by atoms with Crippen LogP contribution in [0.3, 0.4) is 0 Å². The first-order valence-corrected chi connectivity index (χ1v) is 2.71. The summed E-state index contributed by atoms with van der Waals surface area (Å²) < 4.78 is 0. The number of hydrogen-bond acceptors (Lipinski definition) is 2. The van der Waals surface area contributed by atoms with Crippen LogP contribution in [0.25, 0.3) is 0 Å². The monoisotopic (exact) mass is 121 g/mol. The van der Waals surface area contributed by atoms with Gasteiger partial charge in [-0.25, -0.2) is 0 Å². The summed E-state index contributed by atoms with van der Waals surface area (Å²) in [7, 11) is 0. The fourth-order valence-corrected chi connectivity index (χ4v) is 0.509. The summed E-state index contributed by atoms with van der Waals surface area (Å²) in [4.78, 5) is 9.51. The van der Waals surface area contributed by atoms with Crippen LogP contribution < -0.4 is 0 Å². The molecular weight excluding hydrogens is 114 g/mol. The first-order chi connectivity index (χ1) is 3.31. The zero-order valence-electron chi connectivity index (χ0n) is 4.22. The molecule has 0 N–H and O–H groups in total. The van der Waals surface area contributed by atoms with Gasteiger partial charge in [0.25, 0.3) is 0 Å². The van der Waals surface area contributed by atoms with E-state index in [9.17, 15) is 4.91 Å². The first kappa shape index (κ1) is 6.89. The molecule has 2 nitrogen and oxygen atoms in total. The highest BCUT2D eigenvalue weighted by atomic mass is 35.5. The van der Waals surface area contributed by atoms with Crippen molar-refractivity contribution in [3.63, 3.8) is 0 Å². The van der Waals surface area contributed by atoms with Crippen molar-refractivity contribution in [3.05, 3.63) is 4.91 Å². The molecule has 3 heteroatoms. The van der Waals surface area contributed by atoms with Crippen molar-refractivity contribution in [2.45, 2.75) is 25.3 Å². The minimum atomic E-state index is -0.509. The van der Waals surface area contributed by atoms with Crippen LogP contribution in [0.4, 0.5) is 0 Å². The Bertz CT molecular complexity index is 57.7. The second kappa shape index (κ2) is 4.06. The molecule has 0 saturated carbocycles. The van der Waals surface area contributed by atoms with Crippen molar-refractivity contribution in [2.24, 2.45) is 5.18 Å². The molecule has 0 spiro atoms. The Morgan fingerprint density at radius 2 is 2.43 bits per heavy atom. The lowest BCUT2D eigenvalue weighted by Gasteiger charge is -1.91. The largest absolute Gasteiger partial charge is 0.165 e. The maximum atomic E-state index is 9.51. The van der Waals surface area contributed by atoms with Crippen LogP contribution in [0.2, 0.25) is 0 Å². The van der Waals surface area contributed by atoms with Gasteiger partial charge in [0, 0.05) is 0 Å². The van der Waals surface area contributed by atoms with Gasteiger partial charge in [-0.2, -0.15) is 0 Å². The van der Waals surface area contributed by atoms with E-state index in [1.807, 2.05) is 6.92 Å². The van der Waals surface area contributed by atoms with E-state index in [0.717, 1.165) is 6.42 Å². The number of nitrogens with zero attached hydrogens (tertiary/aromatic N) is 1. The van der Waals surface area contributed by atoms with Crippen LogP contribution >= 0.6 is 11.6 Å². The van der Waals surface area contributed by atoms with Gasteiger partial charge in [0.2, 0.25) is 0 Å². The lowest BCUT2D eigenvalue weighted by Crippen LogP contribution is -1.88. The molecule has 0 amide bonds. The number of rotatable bonds is 3. The van der Waals surface area contributed by atoms with Gasteiger partial charge in [-0.05, 0) is 6.42 Å². The topological polar surface area (TPSA) is 29.4 Å². The summed E-state index contributed by atoms with van der Waals surface area (Å²) in [5, 5.41) is 2.59. The van der Waals surface area contributed by atoms with Crippen LogP contribution in [0.5, 0.6) is 0 Å². The maximum Gasteiger partial charge on any atom is 0.165 e. The van der Waals surface area contributed by atoms with Crippen molar-refractivity contribution in [1.82, 2.24) is 0 Å². The van der Waals surface area contributed by atoms with Crippen LogP contribution in [-0.2, 0) is 0 Å². The summed E-state index contributed by atoms with van der Waals surface area (Å²) >= 11 is 5.29. The third-order valence-electron chi connectivity index (χ3n) is 0.641. The lowest BCUT2D eigenvalue weighted by molar-refractivity contribution is 0.754. The van der Waals surface area contributed by atoms with E-state index in [-0.39, 0.29) is 0 Å². The van der Waals surface area contributed by atoms with Crippen LogP contribution in [-0.4, -0.2) is 5.50 Å². The predicted molar refractivity (Wildman–Crippen MR) is 30.3 cm³/mol. The summed E-state index contributed by atoms with van der Waals surface area (Å²) in [5.74, 6) is 0. The molecule has 0 aliphatic rings. The second-order valence-electron chi connectivity index (χ2n) is 1.33. The fraction of sp³-hybridized carbons (Fsp3) is 1.00. The molecule has 0 heterocycles. The van der Waals surface area contributed by atoms with Gasteiger partial charge in [0.15, 0.2) is 5.50 Å². The van der Waals surface area contributed by atoms with Gasteiger partial charge in [0.1, 0.15) is 0 Å². The molecular formula is C4H8ClNO. The molecule has 42 valence electrons. The summed E-state index contributed by atoms with van der Waals surface area (Å²) in [6, 6.07) is 0. The van der Waals surface area contributed by atoms with Crippen LogP contribution in [0, 0.1) is 4.91 Å². The average molecular weight is 122 g/mol. The van der Waals surface area contributed by atoms with Gasteiger partial charge >= 0.3 is 0 Å². The highest BCUT2D eigenvalue weighted by Crippen LogP contribution is 2.04. The van der Waals surface area contributed by atoms with Gasteiger partial charge in [-0.1, -0.05) is 30.1 Å². The smallest absolute Gasteiger partial charge is 0.149 e. The van der Waals surface area contributed by atoms with Gasteiger partial charge in [0.05, 0.1) is 0 Å². The third-order valence-corrected chi connectivity index (χ3v) is 0.939. The molecule has 0 aliphatic heterocycles. The van der Waals surface area contributed by atoms with E-state index in [0.29, 0.717) is 6.42 Å². The zero-order valence-corrected chi connectivity index (χ0v) is 4.98. The zero-order chi connectivity index (χ0) is 5.70. The summed E-state index contributed by atoms with van der Waals surface area (Å²) in [6.45, 7) is 1.96.